The minimum atomic E-state index is -1.09. The molecule has 0 bridgehead atoms. The van der Waals surface area contributed by atoms with Gasteiger partial charge in [0.2, 0.25) is 5.91 Å². The number of para-hydroxylation sites is 1. The van der Waals surface area contributed by atoms with E-state index in [1.54, 1.807) is 18.2 Å². The van der Waals surface area contributed by atoms with E-state index in [-0.39, 0.29) is 22.2 Å². The normalized spacial score (nSPS) is 10.1. The lowest BCUT2D eigenvalue weighted by atomic mass is 10.2. The Labute approximate surface area is 131 Å². The second-order valence-corrected chi connectivity index (χ2v) is 5.61. The van der Waals surface area contributed by atoms with E-state index in [1.807, 2.05) is 18.2 Å². The third kappa shape index (κ3) is 4.51. The first kappa shape index (κ1) is 15.4. The molecule has 0 aromatic heterocycles. The number of carboxylic acid groups (broad SMARTS) is 1. The largest absolute Gasteiger partial charge is 0.478 e. The van der Waals surface area contributed by atoms with Crippen LogP contribution in [0.25, 0.3) is 0 Å². The van der Waals surface area contributed by atoms with Gasteiger partial charge in [0.15, 0.2) is 0 Å². The van der Waals surface area contributed by atoms with E-state index in [2.05, 4.69) is 5.32 Å². The SMILES string of the molecule is O=C(CSc1ccc(Cl)c(C(=O)O)c1)Nc1ccccc1. The summed E-state index contributed by atoms with van der Waals surface area (Å²) in [6.45, 7) is 0. The van der Waals surface area contributed by atoms with E-state index in [0.29, 0.717) is 4.90 Å². The molecule has 0 aliphatic carbocycles. The van der Waals surface area contributed by atoms with Crippen LogP contribution in [0.5, 0.6) is 0 Å². The Morgan fingerprint density at radius 3 is 2.52 bits per heavy atom. The van der Waals surface area contributed by atoms with Crippen molar-refractivity contribution < 1.29 is 14.7 Å². The highest BCUT2D eigenvalue weighted by atomic mass is 35.5. The van der Waals surface area contributed by atoms with Gasteiger partial charge in [0.25, 0.3) is 0 Å². The maximum absolute atomic E-state index is 11.8. The van der Waals surface area contributed by atoms with Gasteiger partial charge < -0.3 is 10.4 Å². The molecule has 21 heavy (non-hydrogen) atoms. The molecule has 108 valence electrons. The predicted molar refractivity (Wildman–Crippen MR) is 84.2 cm³/mol. The molecule has 6 heteroatoms. The van der Waals surface area contributed by atoms with Crippen LogP contribution in [0.3, 0.4) is 0 Å². The molecule has 4 nitrogen and oxygen atoms in total. The number of anilines is 1. The molecule has 0 fully saturated rings. The summed E-state index contributed by atoms with van der Waals surface area (Å²) in [5.74, 6) is -1.05. The third-order valence-corrected chi connectivity index (χ3v) is 3.92. The van der Waals surface area contributed by atoms with Crippen molar-refractivity contribution in [1.29, 1.82) is 0 Å². The molecule has 0 radical (unpaired) electrons. The number of halogens is 1. The molecule has 0 atom stereocenters. The molecule has 2 aromatic carbocycles. The van der Waals surface area contributed by atoms with Gasteiger partial charge >= 0.3 is 5.97 Å². The smallest absolute Gasteiger partial charge is 0.337 e. The van der Waals surface area contributed by atoms with Crippen molar-refractivity contribution in [3.05, 3.63) is 59.1 Å². The van der Waals surface area contributed by atoms with Gasteiger partial charge in [-0.25, -0.2) is 4.79 Å². The van der Waals surface area contributed by atoms with Crippen molar-refractivity contribution >= 4 is 40.9 Å². The lowest BCUT2D eigenvalue weighted by molar-refractivity contribution is -0.113. The van der Waals surface area contributed by atoms with Gasteiger partial charge in [0.1, 0.15) is 0 Å². The summed E-state index contributed by atoms with van der Waals surface area (Å²) in [5, 5.41) is 11.9. The number of amides is 1. The summed E-state index contributed by atoms with van der Waals surface area (Å²) >= 11 is 7.05. The first-order valence-electron chi connectivity index (χ1n) is 6.07. The first-order chi connectivity index (χ1) is 10.1. The molecule has 2 aromatic rings. The molecule has 0 saturated heterocycles. The maximum Gasteiger partial charge on any atom is 0.337 e. The van der Waals surface area contributed by atoms with Crippen molar-refractivity contribution in [2.75, 3.05) is 11.1 Å². The van der Waals surface area contributed by atoms with Gasteiger partial charge in [-0.3, -0.25) is 4.79 Å². The fraction of sp³-hybridized carbons (Fsp3) is 0.0667. The van der Waals surface area contributed by atoms with Crippen LogP contribution >= 0.6 is 23.4 Å². The Bertz CT molecular complexity index is 661. The quantitative estimate of drug-likeness (QED) is 0.823. The van der Waals surface area contributed by atoms with Gasteiger partial charge in [0, 0.05) is 10.6 Å². The summed E-state index contributed by atoms with van der Waals surface area (Å²) < 4.78 is 0. The van der Waals surface area contributed by atoms with E-state index in [4.69, 9.17) is 16.7 Å². The molecule has 0 spiro atoms. The summed E-state index contributed by atoms with van der Waals surface area (Å²) in [6.07, 6.45) is 0. The fourth-order valence-electron chi connectivity index (χ4n) is 1.63. The van der Waals surface area contributed by atoms with Crippen LogP contribution < -0.4 is 5.32 Å². The highest BCUT2D eigenvalue weighted by Gasteiger charge is 2.10. The summed E-state index contributed by atoms with van der Waals surface area (Å²) in [4.78, 5) is 23.5. The van der Waals surface area contributed by atoms with E-state index < -0.39 is 5.97 Å². The van der Waals surface area contributed by atoms with E-state index in [0.717, 1.165) is 5.69 Å². The Morgan fingerprint density at radius 2 is 1.86 bits per heavy atom. The molecule has 0 heterocycles. The number of rotatable bonds is 5. The lowest BCUT2D eigenvalue weighted by Crippen LogP contribution is -2.13. The average Bonchev–Trinajstić information content (AvgIpc) is 2.47. The molecular formula is C15H12ClNO3S. The predicted octanol–water partition coefficient (Wildman–Crippen LogP) is 3.77. The Morgan fingerprint density at radius 1 is 1.14 bits per heavy atom. The monoisotopic (exact) mass is 321 g/mol. The zero-order chi connectivity index (χ0) is 15.2. The van der Waals surface area contributed by atoms with Crippen LogP contribution in [-0.4, -0.2) is 22.7 Å². The van der Waals surface area contributed by atoms with Crippen molar-refractivity contribution in [2.45, 2.75) is 4.90 Å². The van der Waals surface area contributed by atoms with Crippen molar-refractivity contribution in [3.8, 4) is 0 Å². The number of carbonyl (C=O) groups excluding carboxylic acids is 1. The summed E-state index contributed by atoms with van der Waals surface area (Å²) in [5.41, 5.74) is 0.760. The summed E-state index contributed by atoms with van der Waals surface area (Å²) in [6, 6.07) is 13.8. The maximum atomic E-state index is 11.8. The molecule has 0 aliphatic heterocycles. The highest BCUT2D eigenvalue weighted by molar-refractivity contribution is 8.00. The minimum Gasteiger partial charge on any atom is -0.478 e. The van der Waals surface area contributed by atoms with Crippen molar-refractivity contribution in [3.63, 3.8) is 0 Å². The molecule has 2 N–H and O–H groups in total. The number of thioether (sulfide) groups is 1. The molecule has 0 aliphatic rings. The average molecular weight is 322 g/mol. The number of nitrogens with one attached hydrogen (secondary N) is 1. The van der Waals surface area contributed by atoms with Gasteiger partial charge in [-0.2, -0.15) is 0 Å². The van der Waals surface area contributed by atoms with Crippen molar-refractivity contribution in [1.82, 2.24) is 0 Å². The number of hydrogen-bond acceptors (Lipinski definition) is 3. The van der Waals surface area contributed by atoms with Gasteiger partial charge in [-0.05, 0) is 30.3 Å². The third-order valence-electron chi connectivity index (χ3n) is 2.60. The Kier molecular flexibility index (Phi) is 5.25. The van der Waals surface area contributed by atoms with Crippen LogP contribution in [0.15, 0.2) is 53.4 Å². The molecule has 1 amide bonds. The van der Waals surface area contributed by atoms with E-state index in [9.17, 15) is 9.59 Å². The standard InChI is InChI=1S/C15H12ClNO3S/c16-13-7-6-11(8-12(13)15(19)20)21-9-14(18)17-10-4-2-1-3-5-10/h1-8H,9H2,(H,17,18)(H,19,20). The second-order valence-electron chi connectivity index (χ2n) is 4.15. The zero-order valence-electron chi connectivity index (χ0n) is 10.9. The number of benzene rings is 2. The van der Waals surface area contributed by atoms with Crippen LogP contribution in [0.2, 0.25) is 5.02 Å². The second kappa shape index (κ2) is 7.15. The molecule has 2 rings (SSSR count). The van der Waals surface area contributed by atoms with Gasteiger partial charge in [-0.15, -0.1) is 11.8 Å². The Hall–Kier alpha value is -1.98. The Balaban J connectivity index is 1.95. The van der Waals surface area contributed by atoms with Gasteiger partial charge in [-0.1, -0.05) is 29.8 Å². The van der Waals surface area contributed by atoms with Crippen LogP contribution in [0, 0.1) is 0 Å². The highest BCUT2D eigenvalue weighted by Crippen LogP contribution is 2.24. The van der Waals surface area contributed by atoms with Crippen LogP contribution in [0.1, 0.15) is 10.4 Å². The van der Waals surface area contributed by atoms with Gasteiger partial charge in [0.05, 0.1) is 16.3 Å². The topological polar surface area (TPSA) is 66.4 Å². The van der Waals surface area contributed by atoms with E-state index in [1.165, 1.54) is 23.9 Å². The lowest BCUT2D eigenvalue weighted by Gasteiger charge is -2.06. The van der Waals surface area contributed by atoms with E-state index >= 15 is 0 Å². The van der Waals surface area contributed by atoms with Crippen LogP contribution in [0.4, 0.5) is 5.69 Å². The first-order valence-corrected chi connectivity index (χ1v) is 7.43. The van der Waals surface area contributed by atoms with Crippen molar-refractivity contribution in [2.24, 2.45) is 0 Å². The van der Waals surface area contributed by atoms with Crippen LogP contribution in [-0.2, 0) is 4.79 Å². The number of carboxylic acids is 1. The molecule has 0 saturated carbocycles. The number of aromatic carboxylic acids is 1. The zero-order valence-corrected chi connectivity index (χ0v) is 12.4. The minimum absolute atomic E-state index is 0.0325. The fourth-order valence-corrected chi connectivity index (χ4v) is 2.56. The number of carbonyl (C=O) groups is 2. The molecule has 0 unspecified atom stereocenters. The molecular weight excluding hydrogens is 310 g/mol. The summed E-state index contributed by atoms with van der Waals surface area (Å²) in [7, 11) is 0. The number of hydrogen-bond donors (Lipinski definition) is 2.